The minimum atomic E-state index is -0.217. The van der Waals surface area contributed by atoms with Crippen molar-refractivity contribution in [3.63, 3.8) is 0 Å². The molecule has 1 rings (SSSR count). The summed E-state index contributed by atoms with van der Waals surface area (Å²) >= 11 is 12.1. The lowest BCUT2D eigenvalue weighted by Gasteiger charge is -2.26. The largest absolute Gasteiger partial charge is 0.385 e. The normalized spacial score (nSPS) is 14.0. The number of halogens is 2. The molecule has 22 heavy (non-hydrogen) atoms. The number of nitrogens with zero attached hydrogens (tertiary/aromatic N) is 1. The number of likely N-dealkylation sites (N-methyl/N-ethyl adjacent to an activating group) is 1. The Hall–Kier alpha value is -0.810. The van der Waals surface area contributed by atoms with E-state index in [-0.39, 0.29) is 18.0 Å². The summed E-state index contributed by atoms with van der Waals surface area (Å²) in [6.45, 7) is 5.29. The zero-order valence-corrected chi connectivity index (χ0v) is 15.0. The average Bonchev–Trinajstić information content (AvgIpc) is 2.46. The molecule has 0 radical (unpaired) electrons. The molecule has 2 atom stereocenters. The Morgan fingerprint density at radius 3 is 2.64 bits per heavy atom. The van der Waals surface area contributed by atoms with Gasteiger partial charge in [0.1, 0.15) is 0 Å². The van der Waals surface area contributed by atoms with Gasteiger partial charge in [-0.05, 0) is 45.0 Å². The van der Waals surface area contributed by atoms with Gasteiger partial charge in [0.05, 0.1) is 12.1 Å². The van der Waals surface area contributed by atoms with Crippen molar-refractivity contribution in [2.24, 2.45) is 0 Å². The van der Waals surface area contributed by atoms with Crippen LogP contribution >= 0.6 is 23.2 Å². The Morgan fingerprint density at radius 1 is 1.36 bits per heavy atom. The topological polar surface area (TPSA) is 41.6 Å². The Balaban J connectivity index is 2.59. The third-order valence-corrected chi connectivity index (χ3v) is 4.25. The number of carbonyl (C=O) groups is 1. The maximum atomic E-state index is 12.3. The van der Waals surface area contributed by atoms with Crippen molar-refractivity contribution < 1.29 is 9.53 Å². The molecule has 0 aliphatic carbocycles. The fourth-order valence-electron chi connectivity index (χ4n) is 2.12. The summed E-state index contributed by atoms with van der Waals surface area (Å²) in [5.41, 5.74) is 0.855. The molecule has 0 spiro atoms. The molecule has 0 aliphatic heterocycles. The molecular weight excluding hydrogens is 323 g/mol. The quantitative estimate of drug-likeness (QED) is 0.732. The van der Waals surface area contributed by atoms with Crippen molar-refractivity contribution in [2.45, 2.75) is 32.4 Å². The molecule has 0 saturated heterocycles. The second-order valence-corrected chi connectivity index (χ2v) is 6.24. The number of methoxy groups -OCH3 is 1. The van der Waals surface area contributed by atoms with Crippen LogP contribution in [-0.2, 0) is 9.53 Å². The number of nitrogens with one attached hydrogen (secondary N) is 1. The van der Waals surface area contributed by atoms with E-state index in [1.54, 1.807) is 19.2 Å². The number of benzene rings is 1. The van der Waals surface area contributed by atoms with Gasteiger partial charge in [0, 0.05) is 30.3 Å². The molecule has 0 aromatic heterocycles. The number of carbonyl (C=O) groups excluding carboxylic acids is 1. The van der Waals surface area contributed by atoms with E-state index in [1.165, 1.54) is 0 Å². The molecule has 1 amide bonds. The predicted octanol–water partition coefficient (Wildman–Crippen LogP) is 3.53. The van der Waals surface area contributed by atoms with Crippen LogP contribution in [0.15, 0.2) is 18.2 Å². The average molecular weight is 347 g/mol. The summed E-state index contributed by atoms with van der Waals surface area (Å²) in [6.07, 6.45) is 0.892. The third kappa shape index (κ3) is 5.76. The molecule has 1 aromatic rings. The highest BCUT2D eigenvalue weighted by molar-refractivity contribution is 6.35. The summed E-state index contributed by atoms with van der Waals surface area (Å²) < 4.78 is 5.02. The molecule has 1 aromatic carbocycles. The van der Waals surface area contributed by atoms with Crippen LogP contribution in [0.1, 0.15) is 31.9 Å². The number of hydrogen-bond donors (Lipinski definition) is 1. The van der Waals surface area contributed by atoms with Crippen molar-refractivity contribution in [1.82, 2.24) is 10.2 Å². The Labute approximate surface area is 142 Å². The Kier molecular flexibility index (Phi) is 8.18. The first-order chi connectivity index (χ1) is 10.4. The maximum absolute atomic E-state index is 12.3. The fraction of sp³-hybridized carbons (Fsp3) is 0.562. The first kappa shape index (κ1) is 19.2. The SMILES string of the molecule is COCCCN(C)C(C)C(=O)NC(C)c1ccc(Cl)cc1Cl. The van der Waals surface area contributed by atoms with Gasteiger partial charge < -0.3 is 10.1 Å². The van der Waals surface area contributed by atoms with Crippen molar-refractivity contribution in [3.05, 3.63) is 33.8 Å². The van der Waals surface area contributed by atoms with E-state index in [9.17, 15) is 4.79 Å². The van der Waals surface area contributed by atoms with Crippen molar-refractivity contribution >= 4 is 29.1 Å². The van der Waals surface area contributed by atoms with Gasteiger partial charge in [0.15, 0.2) is 0 Å². The number of ether oxygens (including phenoxy) is 1. The number of hydrogen-bond acceptors (Lipinski definition) is 3. The lowest BCUT2D eigenvalue weighted by molar-refractivity contribution is -0.126. The number of amides is 1. The summed E-state index contributed by atoms with van der Waals surface area (Å²) in [4.78, 5) is 14.3. The molecular formula is C16H24Cl2N2O2. The molecule has 4 nitrogen and oxygen atoms in total. The van der Waals surface area contributed by atoms with Crippen LogP contribution in [0.25, 0.3) is 0 Å². The van der Waals surface area contributed by atoms with Crippen LogP contribution in [-0.4, -0.2) is 44.2 Å². The second-order valence-electron chi connectivity index (χ2n) is 5.40. The molecule has 0 fully saturated rings. The Bertz CT molecular complexity index is 497. The van der Waals surface area contributed by atoms with Gasteiger partial charge in [0.25, 0.3) is 0 Å². The molecule has 0 heterocycles. The van der Waals surface area contributed by atoms with E-state index in [2.05, 4.69) is 5.32 Å². The van der Waals surface area contributed by atoms with Crippen LogP contribution in [0.5, 0.6) is 0 Å². The van der Waals surface area contributed by atoms with Gasteiger partial charge in [-0.3, -0.25) is 9.69 Å². The van der Waals surface area contributed by atoms with E-state index in [0.29, 0.717) is 16.7 Å². The van der Waals surface area contributed by atoms with Crippen LogP contribution < -0.4 is 5.32 Å². The van der Waals surface area contributed by atoms with Gasteiger partial charge in [-0.2, -0.15) is 0 Å². The highest BCUT2D eigenvalue weighted by atomic mass is 35.5. The van der Waals surface area contributed by atoms with Crippen LogP contribution in [0, 0.1) is 0 Å². The van der Waals surface area contributed by atoms with Crippen LogP contribution in [0.3, 0.4) is 0 Å². The van der Waals surface area contributed by atoms with Gasteiger partial charge in [0.2, 0.25) is 5.91 Å². The van der Waals surface area contributed by atoms with Crippen molar-refractivity contribution in [2.75, 3.05) is 27.3 Å². The first-order valence-corrected chi connectivity index (χ1v) is 8.07. The van der Waals surface area contributed by atoms with Gasteiger partial charge in [-0.1, -0.05) is 29.3 Å². The summed E-state index contributed by atoms with van der Waals surface area (Å²) in [5, 5.41) is 4.13. The third-order valence-electron chi connectivity index (χ3n) is 3.69. The lowest BCUT2D eigenvalue weighted by Crippen LogP contribution is -2.44. The van der Waals surface area contributed by atoms with E-state index >= 15 is 0 Å². The number of rotatable bonds is 8. The minimum Gasteiger partial charge on any atom is -0.385 e. The van der Waals surface area contributed by atoms with Crippen LogP contribution in [0.2, 0.25) is 10.0 Å². The standard InChI is InChI=1S/C16H24Cl2N2O2/c1-11(14-7-6-13(17)10-15(14)18)19-16(21)12(2)20(3)8-5-9-22-4/h6-7,10-12H,5,8-9H2,1-4H3,(H,19,21). The summed E-state index contributed by atoms with van der Waals surface area (Å²) in [5.74, 6) is -0.0292. The van der Waals surface area contributed by atoms with Gasteiger partial charge >= 0.3 is 0 Å². The molecule has 0 saturated carbocycles. The fourth-order valence-corrected chi connectivity index (χ4v) is 2.69. The van der Waals surface area contributed by atoms with E-state index in [0.717, 1.165) is 18.5 Å². The van der Waals surface area contributed by atoms with Gasteiger partial charge in [-0.15, -0.1) is 0 Å². The van der Waals surface area contributed by atoms with Crippen LogP contribution in [0.4, 0.5) is 0 Å². The van der Waals surface area contributed by atoms with E-state index in [1.807, 2.05) is 31.9 Å². The molecule has 2 unspecified atom stereocenters. The van der Waals surface area contributed by atoms with Gasteiger partial charge in [-0.25, -0.2) is 0 Å². The predicted molar refractivity (Wildman–Crippen MR) is 91.6 cm³/mol. The molecule has 6 heteroatoms. The zero-order valence-electron chi connectivity index (χ0n) is 13.5. The smallest absolute Gasteiger partial charge is 0.237 e. The second kappa shape index (κ2) is 9.36. The molecule has 124 valence electrons. The Morgan fingerprint density at radius 2 is 2.05 bits per heavy atom. The summed E-state index contributed by atoms with van der Waals surface area (Å²) in [6, 6.07) is 4.90. The highest BCUT2D eigenvalue weighted by Crippen LogP contribution is 2.26. The monoisotopic (exact) mass is 346 g/mol. The maximum Gasteiger partial charge on any atom is 0.237 e. The van der Waals surface area contributed by atoms with Crippen molar-refractivity contribution in [3.8, 4) is 0 Å². The van der Waals surface area contributed by atoms with E-state index in [4.69, 9.17) is 27.9 Å². The molecule has 0 aliphatic rings. The first-order valence-electron chi connectivity index (χ1n) is 7.31. The van der Waals surface area contributed by atoms with E-state index < -0.39 is 0 Å². The van der Waals surface area contributed by atoms with Crippen molar-refractivity contribution in [1.29, 1.82) is 0 Å². The lowest BCUT2D eigenvalue weighted by atomic mass is 10.1. The highest BCUT2D eigenvalue weighted by Gasteiger charge is 2.20. The molecule has 0 bridgehead atoms. The molecule has 1 N–H and O–H groups in total. The minimum absolute atomic E-state index is 0.0292. The zero-order chi connectivity index (χ0) is 16.7. The summed E-state index contributed by atoms with van der Waals surface area (Å²) in [7, 11) is 3.60.